The van der Waals surface area contributed by atoms with Crippen LogP contribution < -0.4 is 10.2 Å². The number of aryl methyl sites for hydroxylation is 1. The number of nitrogens with zero attached hydrogens (tertiary/aromatic N) is 2. The van der Waals surface area contributed by atoms with Gasteiger partial charge in [0.05, 0.1) is 19.9 Å². The van der Waals surface area contributed by atoms with Gasteiger partial charge >= 0.3 is 0 Å². The Bertz CT molecular complexity index is 835. The molecule has 0 aliphatic rings. The highest BCUT2D eigenvalue weighted by atomic mass is 16.5. The second-order valence-electron chi connectivity index (χ2n) is 5.52. The van der Waals surface area contributed by atoms with Crippen molar-refractivity contribution < 1.29 is 4.74 Å². The third kappa shape index (κ3) is 3.06. The van der Waals surface area contributed by atoms with E-state index in [1.165, 1.54) is 16.8 Å². The fraction of sp³-hybridized carbons (Fsp3) is 0.211. The predicted molar refractivity (Wildman–Crippen MR) is 95.1 cm³/mol. The van der Waals surface area contributed by atoms with Gasteiger partial charge in [0.2, 0.25) is 0 Å². The Kier molecular flexibility index (Phi) is 4.33. The third-order valence-electron chi connectivity index (χ3n) is 4.16. The number of benzene rings is 2. The van der Waals surface area contributed by atoms with Gasteiger partial charge in [-0.15, -0.1) is 0 Å². The van der Waals surface area contributed by atoms with Crippen LogP contribution in [-0.2, 0) is 13.6 Å². The van der Waals surface area contributed by atoms with Crippen molar-refractivity contribution in [3.8, 4) is 5.75 Å². The normalized spacial score (nSPS) is 11.3. The first-order valence-corrected chi connectivity index (χ1v) is 7.63. The maximum absolute atomic E-state index is 5.34. The van der Waals surface area contributed by atoms with E-state index in [9.17, 15) is 0 Å². The molecule has 3 rings (SSSR count). The van der Waals surface area contributed by atoms with Crippen molar-refractivity contribution in [3.05, 3.63) is 65.4 Å². The summed E-state index contributed by atoms with van der Waals surface area (Å²) in [5.74, 6) is 0.856. The number of hydrazone groups is 1. The molecule has 1 aromatic heterocycles. The van der Waals surface area contributed by atoms with E-state index in [0.29, 0.717) is 6.54 Å². The SMILES string of the molecule is COc1ccc2c(c1)c(C=NNCc1ccccc1)c(C)n2C. The minimum Gasteiger partial charge on any atom is -0.497 e. The van der Waals surface area contributed by atoms with Crippen molar-refractivity contribution in [1.82, 2.24) is 9.99 Å². The Balaban J connectivity index is 1.84. The van der Waals surface area contributed by atoms with Crippen LogP contribution in [0.5, 0.6) is 5.75 Å². The summed E-state index contributed by atoms with van der Waals surface area (Å²) >= 11 is 0. The molecule has 23 heavy (non-hydrogen) atoms. The molecule has 0 radical (unpaired) electrons. The standard InChI is InChI=1S/C19H21N3O/c1-14-18(13-21-20-12-15-7-5-4-6-8-15)17-11-16(23-3)9-10-19(17)22(14)2/h4-11,13,20H,12H2,1-3H3. The van der Waals surface area contributed by atoms with Gasteiger partial charge in [0, 0.05) is 29.2 Å². The molecule has 0 spiro atoms. The predicted octanol–water partition coefficient (Wildman–Crippen LogP) is 3.62. The Hall–Kier alpha value is -2.75. The lowest BCUT2D eigenvalue weighted by molar-refractivity contribution is 0.415. The minimum absolute atomic E-state index is 0.713. The Morgan fingerprint density at radius 2 is 1.96 bits per heavy atom. The highest BCUT2D eigenvalue weighted by molar-refractivity contribution is 6.01. The molecule has 1 heterocycles. The fourth-order valence-corrected chi connectivity index (χ4v) is 2.71. The van der Waals surface area contributed by atoms with Crippen LogP contribution in [-0.4, -0.2) is 17.9 Å². The number of hydrogen-bond donors (Lipinski definition) is 1. The largest absolute Gasteiger partial charge is 0.497 e. The second kappa shape index (κ2) is 6.57. The number of fused-ring (bicyclic) bond motifs is 1. The van der Waals surface area contributed by atoms with Crippen LogP contribution in [0.3, 0.4) is 0 Å². The van der Waals surface area contributed by atoms with Crippen molar-refractivity contribution >= 4 is 17.1 Å². The first-order valence-electron chi connectivity index (χ1n) is 7.63. The van der Waals surface area contributed by atoms with Crippen molar-refractivity contribution in [2.24, 2.45) is 12.1 Å². The number of rotatable bonds is 5. The first-order chi connectivity index (χ1) is 11.2. The van der Waals surface area contributed by atoms with E-state index in [2.05, 4.69) is 53.3 Å². The van der Waals surface area contributed by atoms with Crippen LogP contribution in [0.4, 0.5) is 0 Å². The van der Waals surface area contributed by atoms with Crippen LogP contribution >= 0.6 is 0 Å². The zero-order chi connectivity index (χ0) is 16.2. The topological polar surface area (TPSA) is 38.5 Å². The molecule has 118 valence electrons. The second-order valence-corrected chi connectivity index (χ2v) is 5.52. The van der Waals surface area contributed by atoms with Gasteiger partial charge in [-0.1, -0.05) is 30.3 Å². The highest BCUT2D eigenvalue weighted by Crippen LogP contribution is 2.27. The summed E-state index contributed by atoms with van der Waals surface area (Å²) in [6, 6.07) is 16.4. The zero-order valence-corrected chi connectivity index (χ0v) is 13.7. The molecule has 4 heteroatoms. The molecule has 0 amide bonds. The summed E-state index contributed by atoms with van der Waals surface area (Å²) in [5, 5.41) is 5.54. The van der Waals surface area contributed by atoms with Crippen LogP contribution in [0.2, 0.25) is 0 Å². The molecule has 1 N–H and O–H groups in total. The van der Waals surface area contributed by atoms with E-state index < -0.39 is 0 Å². The molecule has 0 saturated carbocycles. The summed E-state index contributed by atoms with van der Waals surface area (Å²) in [7, 11) is 3.75. The molecule has 0 atom stereocenters. The van der Waals surface area contributed by atoms with Gasteiger partial charge in [-0.3, -0.25) is 0 Å². The molecule has 0 aliphatic carbocycles. The highest BCUT2D eigenvalue weighted by Gasteiger charge is 2.11. The molecule has 0 bridgehead atoms. The van der Waals surface area contributed by atoms with Crippen LogP contribution in [0, 0.1) is 6.92 Å². The number of nitrogens with one attached hydrogen (secondary N) is 1. The summed E-state index contributed by atoms with van der Waals surface area (Å²) in [6.07, 6.45) is 1.89. The average molecular weight is 307 g/mol. The van der Waals surface area contributed by atoms with Gasteiger partial charge < -0.3 is 14.7 Å². The van der Waals surface area contributed by atoms with Crippen molar-refractivity contribution in [1.29, 1.82) is 0 Å². The molecule has 2 aromatic carbocycles. The minimum atomic E-state index is 0.713. The Morgan fingerprint density at radius 1 is 1.17 bits per heavy atom. The average Bonchev–Trinajstić information content (AvgIpc) is 2.83. The number of ether oxygens (including phenoxy) is 1. The molecule has 0 saturated heterocycles. The summed E-state index contributed by atoms with van der Waals surface area (Å²) < 4.78 is 7.51. The molecule has 3 aromatic rings. The Labute approximate surface area is 136 Å². The van der Waals surface area contributed by atoms with Crippen molar-refractivity contribution in [2.75, 3.05) is 7.11 Å². The number of aromatic nitrogens is 1. The summed E-state index contributed by atoms with van der Waals surface area (Å²) in [5.41, 5.74) is 7.78. The van der Waals surface area contributed by atoms with Crippen LogP contribution in [0.15, 0.2) is 53.6 Å². The van der Waals surface area contributed by atoms with E-state index in [1.807, 2.05) is 30.5 Å². The van der Waals surface area contributed by atoms with Gasteiger partial charge in [0.15, 0.2) is 0 Å². The third-order valence-corrected chi connectivity index (χ3v) is 4.16. The van der Waals surface area contributed by atoms with Gasteiger partial charge in [0.25, 0.3) is 0 Å². The quantitative estimate of drug-likeness (QED) is 0.577. The van der Waals surface area contributed by atoms with Gasteiger partial charge in [-0.2, -0.15) is 5.10 Å². The molecule has 0 aliphatic heterocycles. The van der Waals surface area contributed by atoms with E-state index in [0.717, 1.165) is 16.7 Å². The van der Waals surface area contributed by atoms with E-state index in [1.54, 1.807) is 7.11 Å². The van der Waals surface area contributed by atoms with E-state index in [4.69, 9.17) is 4.74 Å². The first kappa shape index (κ1) is 15.2. The van der Waals surface area contributed by atoms with E-state index in [-0.39, 0.29) is 0 Å². The van der Waals surface area contributed by atoms with Crippen LogP contribution in [0.1, 0.15) is 16.8 Å². The van der Waals surface area contributed by atoms with Gasteiger partial charge in [0.1, 0.15) is 5.75 Å². The van der Waals surface area contributed by atoms with Crippen molar-refractivity contribution in [2.45, 2.75) is 13.5 Å². The monoisotopic (exact) mass is 307 g/mol. The lowest BCUT2D eigenvalue weighted by Crippen LogP contribution is -2.05. The summed E-state index contributed by atoms with van der Waals surface area (Å²) in [4.78, 5) is 0. The number of hydrogen-bond acceptors (Lipinski definition) is 3. The molecule has 4 nitrogen and oxygen atoms in total. The lowest BCUT2D eigenvalue weighted by atomic mass is 10.1. The van der Waals surface area contributed by atoms with Gasteiger partial charge in [-0.05, 0) is 30.7 Å². The smallest absolute Gasteiger partial charge is 0.119 e. The molecule has 0 unspecified atom stereocenters. The van der Waals surface area contributed by atoms with Gasteiger partial charge in [-0.25, -0.2) is 0 Å². The van der Waals surface area contributed by atoms with Crippen LogP contribution in [0.25, 0.3) is 10.9 Å². The molecular weight excluding hydrogens is 286 g/mol. The molecule has 0 fully saturated rings. The maximum atomic E-state index is 5.34. The zero-order valence-electron chi connectivity index (χ0n) is 13.7. The number of methoxy groups -OCH3 is 1. The lowest BCUT2D eigenvalue weighted by Gasteiger charge is -2.01. The van der Waals surface area contributed by atoms with Crippen molar-refractivity contribution in [3.63, 3.8) is 0 Å². The Morgan fingerprint density at radius 3 is 2.70 bits per heavy atom. The molecular formula is C19H21N3O. The summed E-state index contributed by atoms with van der Waals surface area (Å²) in [6.45, 7) is 2.81. The maximum Gasteiger partial charge on any atom is 0.119 e. The van der Waals surface area contributed by atoms with E-state index >= 15 is 0 Å². The fourth-order valence-electron chi connectivity index (χ4n) is 2.71.